The molecule has 1 heterocycles. The standard InChI is InChI=1S/C21H26N4O2/c1-3-22-21(25-13-11-17-7-4-5-10-20(17)25)23-12-14-27-19-9-6-8-18(15-19)24-16(2)26/h4-10,15H,3,11-14H2,1-2H3,(H,22,23)(H,24,26). The Morgan fingerprint density at radius 1 is 1.22 bits per heavy atom. The fourth-order valence-electron chi connectivity index (χ4n) is 3.13. The minimum absolute atomic E-state index is 0.0991. The third kappa shape index (κ3) is 5.00. The van der Waals surface area contributed by atoms with Crippen molar-refractivity contribution in [2.45, 2.75) is 20.3 Å². The first-order valence-corrected chi connectivity index (χ1v) is 9.31. The highest BCUT2D eigenvalue weighted by molar-refractivity contribution is 5.98. The molecule has 2 aromatic carbocycles. The molecule has 0 aromatic heterocycles. The van der Waals surface area contributed by atoms with Crippen molar-refractivity contribution in [3.63, 3.8) is 0 Å². The summed E-state index contributed by atoms with van der Waals surface area (Å²) in [5.74, 6) is 1.50. The van der Waals surface area contributed by atoms with Crippen LogP contribution in [0.3, 0.4) is 0 Å². The Balaban J connectivity index is 1.59. The van der Waals surface area contributed by atoms with E-state index in [1.54, 1.807) is 0 Å². The van der Waals surface area contributed by atoms with E-state index >= 15 is 0 Å². The van der Waals surface area contributed by atoms with Crippen LogP contribution in [0.1, 0.15) is 19.4 Å². The zero-order valence-corrected chi connectivity index (χ0v) is 15.9. The maximum atomic E-state index is 11.2. The highest BCUT2D eigenvalue weighted by Gasteiger charge is 2.22. The van der Waals surface area contributed by atoms with Crippen molar-refractivity contribution in [2.24, 2.45) is 4.99 Å². The van der Waals surface area contributed by atoms with Crippen LogP contribution in [0.25, 0.3) is 0 Å². The van der Waals surface area contributed by atoms with Gasteiger partial charge in [0.2, 0.25) is 5.91 Å². The smallest absolute Gasteiger partial charge is 0.221 e. The maximum absolute atomic E-state index is 11.2. The van der Waals surface area contributed by atoms with E-state index in [1.165, 1.54) is 18.2 Å². The third-order valence-corrected chi connectivity index (χ3v) is 4.25. The number of fused-ring (bicyclic) bond motifs is 1. The summed E-state index contributed by atoms with van der Waals surface area (Å²) >= 11 is 0. The van der Waals surface area contributed by atoms with E-state index in [0.717, 1.165) is 31.2 Å². The van der Waals surface area contributed by atoms with Crippen LogP contribution in [-0.2, 0) is 11.2 Å². The van der Waals surface area contributed by atoms with E-state index < -0.39 is 0 Å². The SMILES string of the molecule is CCNC(=NCCOc1cccc(NC(C)=O)c1)N1CCc2ccccc21. The maximum Gasteiger partial charge on any atom is 0.221 e. The lowest BCUT2D eigenvalue weighted by Crippen LogP contribution is -2.40. The van der Waals surface area contributed by atoms with E-state index in [-0.39, 0.29) is 5.91 Å². The van der Waals surface area contributed by atoms with Gasteiger partial charge in [-0.3, -0.25) is 4.79 Å². The molecule has 1 aliphatic rings. The summed E-state index contributed by atoms with van der Waals surface area (Å²) in [6.45, 7) is 6.32. The predicted octanol–water partition coefficient (Wildman–Crippen LogP) is 3.05. The second-order valence-corrected chi connectivity index (χ2v) is 6.32. The number of hydrogen-bond acceptors (Lipinski definition) is 3. The van der Waals surface area contributed by atoms with Gasteiger partial charge in [0.1, 0.15) is 12.4 Å². The molecule has 0 unspecified atom stereocenters. The number of hydrogen-bond donors (Lipinski definition) is 2. The van der Waals surface area contributed by atoms with E-state index in [1.807, 2.05) is 24.3 Å². The summed E-state index contributed by atoms with van der Waals surface area (Å²) in [5.41, 5.74) is 3.31. The number of benzene rings is 2. The Hall–Kier alpha value is -3.02. The molecule has 0 spiro atoms. The van der Waals surface area contributed by atoms with Crippen molar-refractivity contribution in [2.75, 3.05) is 36.5 Å². The fraction of sp³-hybridized carbons (Fsp3) is 0.333. The molecule has 0 aliphatic carbocycles. The molecule has 0 bridgehead atoms. The van der Waals surface area contributed by atoms with Gasteiger partial charge in [0.15, 0.2) is 5.96 Å². The van der Waals surface area contributed by atoms with Crippen molar-refractivity contribution in [3.8, 4) is 5.75 Å². The van der Waals surface area contributed by atoms with Crippen molar-refractivity contribution >= 4 is 23.2 Å². The lowest BCUT2D eigenvalue weighted by molar-refractivity contribution is -0.114. The number of carbonyl (C=O) groups is 1. The number of amides is 1. The number of ether oxygens (including phenoxy) is 1. The quantitative estimate of drug-likeness (QED) is 0.468. The topological polar surface area (TPSA) is 66.0 Å². The highest BCUT2D eigenvalue weighted by Crippen LogP contribution is 2.27. The number of guanidine groups is 1. The first-order chi connectivity index (χ1) is 13.2. The van der Waals surface area contributed by atoms with Crippen LogP contribution < -0.4 is 20.3 Å². The first kappa shape index (κ1) is 18.8. The molecule has 27 heavy (non-hydrogen) atoms. The molecule has 6 heteroatoms. The molecule has 0 fully saturated rings. The summed E-state index contributed by atoms with van der Waals surface area (Å²) < 4.78 is 5.78. The lowest BCUT2D eigenvalue weighted by Gasteiger charge is -2.22. The third-order valence-electron chi connectivity index (χ3n) is 4.25. The molecular formula is C21H26N4O2. The van der Waals surface area contributed by atoms with E-state index in [9.17, 15) is 4.79 Å². The monoisotopic (exact) mass is 366 g/mol. The fourth-order valence-corrected chi connectivity index (χ4v) is 3.13. The van der Waals surface area contributed by atoms with Crippen LogP contribution in [0.15, 0.2) is 53.5 Å². The second kappa shape index (κ2) is 9.07. The number of carbonyl (C=O) groups excluding carboxylic acids is 1. The molecule has 6 nitrogen and oxygen atoms in total. The summed E-state index contributed by atoms with van der Waals surface area (Å²) in [5, 5.41) is 6.12. The zero-order valence-electron chi connectivity index (χ0n) is 15.9. The number of nitrogens with zero attached hydrogens (tertiary/aromatic N) is 2. The minimum atomic E-state index is -0.0991. The second-order valence-electron chi connectivity index (χ2n) is 6.32. The van der Waals surface area contributed by atoms with Crippen LogP contribution in [0, 0.1) is 0 Å². The largest absolute Gasteiger partial charge is 0.492 e. The van der Waals surface area contributed by atoms with Gasteiger partial charge in [-0.25, -0.2) is 4.99 Å². The van der Waals surface area contributed by atoms with E-state index in [4.69, 9.17) is 9.73 Å². The molecule has 0 atom stereocenters. The number of nitrogens with one attached hydrogen (secondary N) is 2. The normalized spacial score (nSPS) is 13.3. The average molecular weight is 366 g/mol. The van der Waals surface area contributed by atoms with Crippen LogP contribution in [0.4, 0.5) is 11.4 Å². The van der Waals surface area contributed by atoms with Gasteiger partial charge in [0.25, 0.3) is 0 Å². The Morgan fingerprint density at radius 2 is 2.07 bits per heavy atom. The van der Waals surface area contributed by atoms with Gasteiger partial charge >= 0.3 is 0 Å². The van der Waals surface area contributed by atoms with Gasteiger partial charge in [-0.1, -0.05) is 24.3 Å². The summed E-state index contributed by atoms with van der Waals surface area (Å²) in [6, 6.07) is 15.8. The van der Waals surface area contributed by atoms with Gasteiger partial charge in [-0.05, 0) is 37.1 Å². The van der Waals surface area contributed by atoms with Gasteiger partial charge in [-0.2, -0.15) is 0 Å². The zero-order chi connectivity index (χ0) is 19.1. The van der Waals surface area contributed by atoms with Crippen molar-refractivity contribution in [3.05, 3.63) is 54.1 Å². The number of aliphatic imine (C=N–C) groups is 1. The van der Waals surface area contributed by atoms with Crippen molar-refractivity contribution in [1.29, 1.82) is 0 Å². The molecule has 1 amide bonds. The summed E-state index contributed by atoms with van der Waals surface area (Å²) in [4.78, 5) is 18.1. The molecule has 3 rings (SSSR count). The molecule has 0 saturated carbocycles. The van der Waals surface area contributed by atoms with Crippen molar-refractivity contribution in [1.82, 2.24) is 5.32 Å². The Kier molecular flexibility index (Phi) is 6.30. The Labute approximate surface area is 160 Å². The molecule has 2 aromatic rings. The molecule has 2 N–H and O–H groups in total. The highest BCUT2D eigenvalue weighted by atomic mass is 16.5. The Morgan fingerprint density at radius 3 is 2.89 bits per heavy atom. The van der Waals surface area contributed by atoms with E-state index in [2.05, 4.69) is 46.7 Å². The Bertz CT molecular complexity index is 819. The number of rotatable bonds is 6. The van der Waals surface area contributed by atoms with Crippen LogP contribution in [0.5, 0.6) is 5.75 Å². The van der Waals surface area contributed by atoms with Gasteiger partial charge in [0.05, 0.1) is 6.54 Å². The molecule has 142 valence electrons. The van der Waals surface area contributed by atoms with Gasteiger partial charge in [0, 0.05) is 37.5 Å². The summed E-state index contributed by atoms with van der Waals surface area (Å²) in [7, 11) is 0. The van der Waals surface area contributed by atoms with Gasteiger partial charge < -0.3 is 20.3 Å². The van der Waals surface area contributed by atoms with Gasteiger partial charge in [-0.15, -0.1) is 0 Å². The number of para-hydroxylation sites is 1. The van der Waals surface area contributed by atoms with Crippen molar-refractivity contribution < 1.29 is 9.53 Å². The first-order valence-electron chi connectivity index (χ1n) is 9.31. The average Bonchev–Trinajstić information content (AvgIpc) is 3.08. The van der Waals surface area contributed by atoms with Crippen LogP contribution >= 0.6 is 0 Å². The predicted molar refractivity (Wildman–Crippen MR) is 110 cm³/mol. The lowest BCUT2D eigenvalue weighted by atomic mass is 10.2. The summed E-state index contributed by atoms with van der Waals surface area (Å²) in [6.07, 6.45) is 1.03. The van der Waals surface area contributed by atoms with Crippen LogP contribution in [-0.4, -0.2) is 38.1 Å². The van der Waals surface area contributed by atoms with E-state index in [0.29, 0.717) is 18.9 Å². The molecule has 1 aliphatic heterocycles. The van der Waals surface area contributed by atoms with Crippen LogP contribution in [0.2, 0.25) is 0 Å². The molecular weight excluding hydrogens is 340 g/mol. The minimum Gasteiger partial charge on any atom is -0.492 e. The molecule has 0 radical (unpaired) electrons. The number of anilines is 2. The molecule has 0 saturated heterocycles.